The molecule has 1 aromatic carbocycles. The van der Waals surface area contributed by atoms with Gasteiger partial charge in [-0.2, -0.15) is 5.26 Å². The summed E-state index contributed by atoms with van der Waals surface area (Å²) in [7, 11) is -4.61. The van der Waals surface area contributed by atoms with Crippen LogP contribution in [0, 0.1) is 36.8 Å². The summed E-state index contributed by atoms with van der Waals surface area (Å²) in [6.45, 7) is 4.76. The number of fused-ring (bicyclic) bond motifs is 1. The van der Waals surface area contributed by atoms with E-state index in [0.717, 1.165) is 6.20 Å². The SMILES string of the molecule is Cc1cc(-c2nc3c(N[C@H](C)c4cc(C#N)ccc4F)c(Cl)c(C)nc3cc2F)cnc1P(=O)(O)O. The van der Waals surface area contributed by atoms with Crippen LogP contribution in [0.1, 0.15) is 35.3 Å². The molecule has 12 heteroatoms. The highest BCUT2D eigenvalue weighted by Crippen LogP contribution is 2.37. The zero-order chi connectivity index (χ0) is 26.4. The number of nitrogens with zero attached hydrogens (tertiary/aromatic N) is 4. The fraction of sp³-hybridized carbons (Fsp3) is 0.167. The van der Waals surface area contributed by atoms with Crippen molar-refractivity contribution in [3.8, 4) is 17.3 Å². The number of halogens is 3. The molecule has 0 radical (unpaired) electrons. The molecule has 3 N–H and O–H groups in total. The van der Waals surface area contributed by atoms with E-state index in [2.05, 4.69) is 20.3 Å². The van der Waals surface area contributed by atoms with Crippen LogP contribution in [0.25, 0.3) is 22.3 Å². The number of hydrogen-bond donors (Lipinski definition) is 3. The molecular formula is C24H19ClF2N5O3P. The monoisotopic (exact) mass is 529 g/mol. The Hall–Kier alpha value is -3.48. The molecule has 4 aromatic rings. The topological polar surface area (TPSA) is 132 Å². The molecule has 0 saturated heterocycles. The maximum Gasteiger partial charge on any atom is 0.374 e. The van der Waals surface area contributed by atoms with Crippen molar-refractivity contribution in [1.29, 1.82) is 5.26 Å². The summed E-state index contributed by atoms with van der Waals surface area (Å²) in [5, 5.41) is 12.5. The van der Waals surface area contributed by atoms with Gasteiger partial charge in [-0.15, -0.1) is 0 Å². The first-order chi connectivity index (χ1) is 16.9. The van der Waals surface area contributed by atoms with E-state index in [1.54, 1.807) is 13.8 Å². The maximum atomic E-state index is 15.1. The van der Waals surface area contributed by atoms with Gasteiger partial charge in [0.25, 0.3) is 0 Å². The third-order valence-electron chi connectivity index (χ3n) is 5.57. The van der Waals surface area contributed by atoms with E-state index < -0.39 is 30.7 Å². The Morgan fingerprint density at radius 1 is 1.14 bits per heavy atom. The Morgan fingerprint density at radius 3 is 2.50 bits per heavy atom. The molecular weight excluding hydrogens is 511 g/mol. The van der Waals surface area contributed by atoms with Crippen LogP contribution in [0.15, 0.2) is 36.5 Å². The summed E-state index contributed by atoms with van der Waals surface area (Å²) < 4.78 is 41.2. The van der Waals surface area contributed by atoms with Crippen LogP contribution >= 0.6 is 19.2 Å². The van der Waals surface area contributed by atoms with Gasteiger partial charge in [0, 0.05) is 23.4 Å². The summed E-state index contributed by atoms with van der Waals surface area (Å²) in [5.41, 5.74) is 1.38. The number of anilines is 1. The molecule has 0 unspecified atom stereocenters. The number of aromatic nitrogens is 3. The number of aryl methyl sites for hydroxylation is 2. The second kappa shape index (κ2) is 9.52. The molecule has 0 spiro atoms. The Labute approximate surface area is 209 Å². The lowest BCUT2D eigenvalue weighted by Gasteiger charge is -2.20. The number of nitriles is 1. The molecule has 3 heterocycles. The summed E-state index contributed by atoms with van der Waals surface area (Å²) in [4.78, 5) is 31.4. The van der Waals surface area contributed by atoms with Gasteiger partial charge in [-0.05, 0) is 50.6 Å². The van der Waals surface area contributed by atoms with Gasteiger partial charge in [0.1, 0.15) is 17.0 Å². The lowest BCUT2D eigenvalue weighted by Crippen LogP contribution is -2.13. The molecule has 0 fully saturated rings. The van der Waals surface area contributed by atoms with Crippen LogP contribution in [-0.2, 0) is 4.57 Å². The highest BCUT2D eigenvalue weighted by atomic mass is 35.5. The van der Waals surface area contributed by atoms with Gasteiger partial charge >= 0.3 is 7.60 Å². The molecule has 4 rings (SSSR count). The largest absolute Gasteiger partial charge is 0.375 e. The van der Waals surface area contributed by atoms with E-state index in [0.29, 0.717) is 5.69 Å². The van der Waals surface area contributed by atoms with Gasteiger partial charge in [-0.25, -0.2) is 23.7 Å². The van der Waals surface area contributed by atoms with E-state index in [1.165, 1.54) is 37.3 Å². The quantitative estimate of drug-likeness (QED) is 0.305. The highest BCUT2D eigenvalue weighted by molar-refractivity contribution is 7.60. The van der Waals surface area contributed by atoms with Gasteiger partial charge in [0.15, 0.2) is 11.3 Å². The standard InChI is InChI=1S/C24H19ClF2N5O3P/c1-11-6-15(10-29-24(11)36(33,34)35)21-18(27)8-19-22(32-21)23(20(25)13(3)30-19)31-12(2)16-7-14(9-28)4-5-17(16)26/h4-8,10,12H,1-3H3,(H,30,31)(H2,33,34,35)/t12-/m1/s1. The Kier molecular flexibility index (Phi) is 6.78. The molecule has 0 aliphatic heterocycles. The van der Waals surface area contributed by atoms with Crippen LogP contribution in [0.2, 0.25) is 5.02 Å². The zero-order valence-corrected chi connectivity index (χ0v) is 20.9. The minimum atomic E-state index is -4.61. The minimum Gasteiger partial charge on any atom is -0.375 e. The van der Waals surface area contributed by atoms with Crippen LogP contribution in [0.4, 0.5) is 14.5 Å². The van der Waals surface area contributed by atoms with Crippen LogP contribution in [0.5, 0.6) is 0 Å². The van der Waals surface area contributed by atoms with Crippen LogP contribution in [-0.4, -0.2) is 24.7 Å². The second-order valence-electron chi connectivity index (χ2n) is 8.20. The molecule has 36 heavy (non-hydrogen) atoms. The molecule has 0 aliphatic rings. The molecule has 3 aromatic heterocycles. The first-order valence-corrected chi connectivity index (χ1v) is 12.5. The average Bonchev–Trinajstić information content (AvgIpc) is 2.81. The third-order valence-corrected chi connectivity index (χ3v) is 7.05. The Balaban J connectivity index is 1.87. The number of nitrogens with one attached hydrogen (secondary N) is 1. The van der Waals surface area contributed by atoms with Crippen molar-refractivity contribution in [2.45, 2.75) is 26.8 Å². The molecule has 0 amide bonds. The third kappa shape index (κ3) is 4.79. The number of rotatable bonds is 5. The van der Waals surface area contributed by atoms with Crippen molar-refractivity contribution in [3.63, 3.8) is 0 Å². The molecule has 0 aliphatic carbocycles. The summed E-state index contributed by atoms with van der Waals surface area (Å²) in [6.07, 6.45) is 1.13. The summed E-state index contributed by atoms with van der Waals surface area (Å²) >= 11 is 6.53. The average molecular weight is 530 g/mol. The lowest BCUT2D eigenvalue weighted by molar-refractivity contribution is 0.386. The molecule has 1 atom stereocenters. The van der Waals surface area contributed by atoms with Gasteiger partial charge < -0.3 is 15.1 Å². The predicted molar refractivity (Wildman–Crippen MR) is 132 cm³/mol. The molecule has 8 nitrogen and oxygen atoms in total. The maximum absolute atomic E-state index is 15.1. The Bertz CT molecular complexity index is 1620. The Morgan fingerprint density at radius 2 is 1.86 bits per heavy atom. The fourth-order valence-electron chi connectivity index (χ4n) is 3.84. The second-order valence-corrected chi connectivity index (χ2v) is 10.1. The first kappa shape index (κ1) is 25.6. The highest BCUT2D eigenvalue weighted by Gasteiger charge is 2.24. The normalized spacial score (nSPS) is 12.4. The molecule has 0 bridgehead atoms. The van der Waals surface area contributed by atoms with Crippen molar-refractivity contribution >= 4 is 41.4 Å². The fourth-order valence-corrected chi connectivity index (χ4v) is 4.76. The minimum absolute atomic E-state index is 0.134. The van der Waals surface area contributed by atoms with E-state index in [1.807, 2.05) is 6.07 Å². The van der Waals surface area contributed by atoms with Crippen molar-refractivity contribution < 1.29 is 23.1 Å². The molecule has 184 valence electrons. The smallest absolute Gasteiger partial charge is 0.374 e. The zero-order valence-electron chi connectivity index (χ0n) is 19.2. The number of hydrogen-bond acceptors (Lipinski definition) is 6. The van der Waals surface area contributed by atoms with E-state index in [4.69, 9.17) is 11.6 Å². The van der Waals surface area contributed by atoms with Gasteiger partial charge in [0.05, 0.1) is 39.6 Å². The van der Waals surface area contributed by atoms with Crippen LogP contribution in [0.3, 0.4) is 0 Å². The first-order valence-electron chi connectivity index (χ1n) is 10.6. The van der Waals surface area contributed by atoms with E-state index in [-0.39, 0.29) is 49.7 Å². The van der Waals surface area contributed by atoms with Gasteiger partial charge in [0.2, 0.25) is 0 Å². The summed E-state index contributed by atoms with van der Waals surface area (Å²) in [6, 6.07) is 7.86. The van der Waals surface area contributed by atoms with E-state index in [9.17, 15) is 24.0 Å². The lowest BCUT2D eigenvalue weighted by atomic mass is 10.0. The van der Waals surface area contributed by atoms with Crippen molar-refractivity contribution in [2.24, 2.45) is 0 Å². The summed E-state index contributed by atoms with van der Waals surface area (Å²) in [5.74, 6) is -1.25. The van der Waals surface area contributed by atoms with Gasteiger partial charge in [-0.1, -0.05) is 11.6 Å². The van der Waals surface area contributed by atoms with Crippen molar-refractivity contribution in [3.05, 3.63) is 75.6 Å². The van der Waals surface area contributed by atoms with Crippen molar-refractivity contribution in [1.82, 2.24) is 15.0 Å². The van der Waals surface area contributed by atoms with Crippen LogP contribution < -0.4 is 10.8 Å². The molecule has 0 saturated carbocycles. The number of pyridine rings is 3. The van der Waals surface area contributed by atoms with E-state index >= 15 is 4.39 Å². The predicted octanol–water partition coefficient (Wildman–Crippen LogP) is 5.09. The van der Waals surface area contributed by atoms with Crippen molar-refractivity contribution in [2.75, 3.05) is 5.32 Å². The van der Waals surface area contributed by atoms with Gasteiger partial charge in [-0.3, -0.25) is 4.57 Å². The number of benzene rings is 1.